The summed E-state index contributed by atoms with van der Waals surface area (Å²) >= 11 is 0. The molecular formula is C14H21N5O4. The van der Waals surface area contributed by atoms with Gasteiger partial charge in [0.1, 0.15) is 12.1 Å². The number of aliphatic carboxylic acids is 1. The Morgan fingerprint density at radius 2 is 2.30 bits per heavy atom. The Labute approximate surface area is 133 Å². The second-order valence-corrected chi connectivity index (χ2v) is 5.65. The van der Waals surface area contributed by atoms with Crippen LogP contribution in [0.4, 0.5) is 0 Å². The molecule has 0 aromatic carbocycles. The first-order chi connectivity index (χ1) is 10.9. The van der Waals surface area contributed by atoms with Crippen molar-refractivity contribution in [3.63, 3.8) is 0 Å². The number of likely N-dealkylation sites (tertiary alicyclic amines) is 1. The van der Waals surface area contributed by atoms with Crippen LogP contribution in [0.25, 0.3) is 0 Å². The van der Waals surface area contributed by atoms with E-state index in [1.54, 1.807) is 6.20 Å². The van der Waals surface area contributed by atoms with Crippen LogP contribution in [-0.2, 0) is 20.8 Å². The Balaban J connectivity index is 1.89. The van der Waals surface area contributed by atoms with Crippen molar-refractivity contribution in [2.75, 3.05) is 6.54 Å². The number of nitrogens with zero attached hydrogens (tertiary/aromatic N) is 2. The van der Waals surface area contributed by atoms with Crippen molar-refractivity contribution in [3.05, 3.63) is 18.2 Å². The fourth-order valence-corrected chi connectivity index (χ4v) is 2.64. The van der Waals surface area contributed by atoms with Gasteiger partial charge in [-0.25, -0.2) is 9.78 Å². The van der Waals surface area contributed by atoms with Crippen LogP contribution in [-0.4, -0.2) is 62.4 Å². The topological polar surface area (TPSA) is 141 Å². The Hall–Kier alpha value is -2.42. The molecule has 1 fully saturated rings. The van der Waals surface area contributed by atoms with Crippen molar-refractivity contribution in [1.82, 2.24) is 20.2 Å². The van der Waals surface area contributed by atoms with E-state index in [0.717, 1.165) is 5.69 Å². The number of H-pyrrole nitrogens is 1. The van der Waals surface area contributed by atoms with Crippen LogP contribution in [0.1, 0.15) is 25.5 Å². The molecular weight excluding hydrogens is 302 g/mol. The number of carboxylic acid groups (broad SMARTS) is 1. The van der Waals surface area contributed by atoms with Gasteiger partial charge < -0.3 is 26.0 Å². The molecule has 0 unspecified atom stereocenters. The van der Waals surface area contributed by atoms with Gasteiger partial charge in [0, 0.05) is 24.9 Å². The number of amides is 2. The number of hydrogen-bond donors (Lipinski definition) is 4. The van der Waals surface area contributed by atoms with E-state index < -0.39 is 35.9 Å². The van der Waals surface area contributed by atoms with Crippen molar-refractivity contribution >= 4 is 17.8 Å². The fraction of sp³-hybridized carbons (Fsp3) is 0.571. The monoisotopic (exact) mass is 323 g/mol. The Bertz CT molecular complexity index is 574. The average Bonchev–Trinajstić information content (AvgIpc) is 3.17. The van der Waals surface area contributed by atoms with Gasteiger partial charge in [-0.1, -0.05) is 0 Å². The molecule has 9 nitrogen and oxygen atoms in total. The summed E-state index contributed by atoms with van der Waals surface area (Å²) in [5.41, 5.74) is 6.53. The summed E-state index contributed by atoms with van der Waals surface area (Å²) in [5, 5.41) is 11.7. The van der Waals surface area contributed by atoms with Gasteiger partial charge in [-0.05, 0) is 19.8 Å². The summed E-state index contributed by atoms with van der Waals surface area (Å²) in [6.45, 7) is 1.91. The van der Waals surface area contributed by atoms with Gasteiger partial charge in [0.25, 0.3) is 0 Å². The molecule has 1 aliphatic heterocycles. The van der Waals surface area contributed by atoms with Crippen LogP contribution >= 0.6 is 0 Å². The summed E-state index contributed by atoms with van der Waals surface area (Å²) in [5.74, 6) is -1.89. The standard InChI is InChI=1S/C14H21N5O4/c1-8(13(21)19-4-2-3-11(19)14(22)23)18-12(20)10(15)5-9-6-16-7-17-9/h6-8,10-11H,2-5,15H2,1H3,(H,16,17)(H,18,20)(H,22,23)/t8-,10-,11+/m0/s1. The van der Waals surface area contributed by atoms with E-state index in [1.165, 1.54) is 18.2 Å². The maximum absolute atomic E-state index is 12.3. The molecule has 3 atom stereocenters. The highest BCUT2D eigenvalue weighted by atomic mass is 16.4. The molecule has 0 spiro atoms. The summed E-state index contributed by atoms with van der Waals surface area (Å²) in [6, 6.07) is -2.46. The lowest BCUT2D eigenvalue weighted by atomic mass is 10.1. The molecule has 126 valence electrons. The number of carbonyl (C=O) groups is 3. The minimum atomic E-state index is -1.02. The summed E-state index contributed by atoms with van der Waals surface area (Å²) in [7, 11) is 0. The van der Waals surface area contributed by atoms with Crippen LogP contribution in [0.15, 0.2) is 12.5 Å². The number of imidazole rings is 1. The van der Waals surface area contributed by atoms with Crippen LogP contribution in [0.5, 0.6) is 0 Å². The predicted molar refractivity (Wildman–Crippen MR) is 80.2 cm³/mol. The van der Waals surface area contributed by atoms with E-state index >= 15 is 0 Å². The van der Waals surface area contributed by atoms with Crippen molar-refractivity contribution < 1.29 is 19.5 Å². The molecule has 0 aliphatic carbocycles. The predicted octanol–water partition coefficient (Wildman–Crippen LogP) is -1.14. The van der Waals surface area contributed by atoms with E-state index in [4.69, 9.17) is 10.8 Å². The molecule has 23 heavy (non-hydrogen) atoms. The Morgan fingerprint density at radius 3 is 2.91 bits per heavy atom. The maximum Gasteiger partial charge on any atom is 0.326 e. The average molecular weight is 323 g/mol. The highest BCUT2D eigenvalue weighted by Crippen LogP contribution is 2.18. The van der Waals surface area contributed by atoms with Crippen LogP contribution in [0.2, 0.25) is 0 Å². The second-order valence-electron chi connectivity index (χ2n) is 5.65. The zero-order valence-corrected chi connectivity index (χ0v) is 12.9. The summed E-state index contributed by atoms with van der Waals surface area (Å²) in [4.78, 5) is 43.5. The van der Waals surface area contributed by atoms with Crippen LogP contribution in [0.3, 0.4) is 0 Å². The van der Waals surface area contributed by atoms with Crippen molar-refractivity contribution in [2.24, 2.45) is 5.73 Å². The highest BCUT2D eigenvalue weighted by Gasteiger charge is 2.36. The van der Waals surface area contributed by atoms with Gasteiger partial charge in [-0.3, -0.25) is 9.59 Å². The van der Waals surface area contributed by atoms with Gasteiger partial charge in [0.15, 0.2) is 0 Å². The lowest BCUT2D eigenvalue weighted by Gasteiger charge is -2.26. The SMILES string of the molecule is C[C@H](NC(=O)[C@@H](N)Cc1cnc[nH]1)C(=O)N1CCC[C@@H]1C(=O)O. The van der Waals surface area contributed by atoms with E-state index in [1.807, 2.05) is 0 Å². The molecule has 1 saturated heterocycles. The second kappa shape index (κ2) is 7.23. The molecule has 0 radical (unpaired) electrons. The molecule has 1 aliphatic rings. The summed E-state index contributed by atoms with van der Waals surface area (Å²) in [6.07, 6.45) is 4.41. The largest absolute Gasteiger partial charge is 0.480 e. The van der Waals surface area contributed by atoms with E-state index in [2.05, 4.69) is 15.3 Å². The quantitative estimate of drug-likeness (QED) is 0.521. The number of carboxylic acids is 1. The first kappa shape index (κ1) is 16.9. The molecule has 0 bridgehead atoms. The summed E-state index contributed by atoms with van der Waals surface area (Å²) < 4.78 is 0. The molecule has 5 N–H and O–H groups in total. The molecule has 2 amide bonds. The third kappa shape index (κ3) is 4.07. The lowest BCUT2D eigenvalue weighted by molar-refractivity contribution is -0.149. The van der Waals surface area contributed by atoms with Crippen LogP contribution < -0.4 is 11.1 Å². The van der Waals surface area contributed by atoms with E-state index in [-0.39, 0.29) is 6.42 Å². The van der Waals surface area contributed by atoms with Crippen molar-refractivity contribution in [2.45, 2.75) is 44.3 Å². The Morgan fingerprint density at radius 1 is 1.57 bits per heavy atom. The van der Waals surface area contributed by atoms with E-state index in [0.29, 0.717) is 19.4 Å². The molecule has 1 aromatic rings. The maximum atomic E-state index is 12.3. The van der Waals surface area contributed by atoms with E-state index in [9.17, 15) is 14.4 Å². The molecule has 1 aromatic heterocycles. The normalized spacial score (nSPS) is 20.1. The van der Waals surface area contributed by atoms with Gasteiger partial charge in [-0.15, -0.1) is 0 Å². The zero-order chi connectivity index (χ0) is 17.0. The molecule has 0 saturated carbocycles. The fourth-order valence-electron chi connectivity index (χ4n) is 2.64. The lowest BCUT2D eigenvalue weighted by Crippen LogP contribution is -2.53. The number of hydrogen-bond acceptors (Lipinski definition) is 5. The van der Waals surface area contributed by atoms with Gasteiger partial charge in [-0.2, -0.15) is 0 Å². The first-order valence-corrected chi connectivity index (χ1v) is 7.46. The molecule has 2 heterocycles. The minimum Gasteiger partial charge on any atom is -0.480 e. The number of aromatic nitrogens is 2. The number of nitrogens with two attached hydrogens (primary N) is 1. The third-order valence-corrected chi connectivity index (χ3v) is 3.88. The highest BCUT2D eigenvalue weighted by molar-refractivity contribution is 5.91. The van der Waals surface area contributed by atoms with Crippen molar-refractivity contribution in [1.29, 1.82) is 0 Å². The number of nitrogens with one attached hydrogen (secondary N) is 2. The smallest absolute Gasteiger partial charge is 0.326 e. The van der Waals surface area contributed by atoms with Gasteiger partial charge in [0.05, 0.1) is 12.4 Å². The minimum absolute atomic E-state index is 0.272. The van der Waals surface area contributed by atoms with Crippen molar-refractivity contribution in [3.8, 4) is 0 Å². The number of rotatable bonds is 6. The molecule has 9 heteroatoms. The van der Waals surface area contributed by atoms with Gasteiger partial charge >= 0.3 is 5.97 Å². The molecule has 2 rings (SSSR count). The van der Waals surface area contributed by atoms with Gasteiger partial charge in [0.2, 0.25) is 11.8 Å². The number of carbonyl (C=O) groups excluding carboxylic acids is 2. The number of aromatic amines is 1. The Kier molecular flexibility index (Phi) is 5.32. The first-order valence-electron chi connectivity index (χ1n) is 7.46. The zero-order valence-electron chi connectivity index (χ0n) is 12.9. The van der Waals surface area contributed by atoms with Crippen LogP contribution in [0, 0.1) is 0 Å². The third-order valence-electron chi connectivity index (χ3n) is 3.88.